The lowest BCUT2D eigenvalue weighted by Crippen LogP contribution is -2.54. The van der Waals surface area contributed by atoms with Crippen molar-refractivity contribution in [2.45, 2.75) is 233 Å². The van der Waals surface area contributed by atoms with E-state index >= 15 is 0 Å². The highest BCUT2D eigenvalue weighted by Crippen LogP contribution is 2.34. The molecule has 6 amide bonds. The molecule has 3 heterocycles. The summed E-state index contributed by atoms with van der Waals surface area (Å²) in [5.74, 6) is -6.78. The monoisotopic (exact) mass is 1390 g/mol. The summed E-state index contributed by atoms with van der Waals surface area (Å²) < 4.78 is 61.7. The van der Waals surface area contributed by atoms with Crippen molar-refractivity contribution >= 4 is 58.7 Å². The van der Waals surface area contributed by atoms with Crippen LogP contribution in [0.3, 0.4) is 0 Å². The van der Waals surface area contributed by atoms with Crippen molar-refractivity contribution < 1.29 is 75.6 Å². The van der Waals surface area contributed by atoms with Gasteiger partial charge in [-0.15, -0.1) is 0 Å². The van der Waals surface area contributed by atoms with E-state index in [0.717, 1.165) is 55.0 Å². The number of alkyl halides is 3. The number of imide groups is 1. The summed E-state index contributed by atoms with van der Waals surface area (Å²) in [6.07, 6.45) is 0.865. The van der Waals surface area contributed by atoms with E-state index in [1.807, 2.05) is 85.7 Å². The first-order valence-electron chi connectivity index (χ1n) is 36.2. The van der Waals surface area contributed by atoms with E-state index in [9.17, 15) is 61.4 Å². The van der Waals surface area contributed by atoms with Gasteiger partial charge in [-0.25, -0.2) is 4.79 Å². The summed E-state index contributed by atoms with van der Waals surface area (Å²) in [4.78, 5) is 132. The number of aliphatic hydroxyl groups is 1. The van der Waals surface area contributed by atoms with Crippen LogP contribution in [-0.2, 0) is 59.2 Å². The number of hydrogen-bond acceptors (Lipinski definition) is 15. The number of methoxy groups -OCH3 is 2. The normalized spacial score (nSPS) is 19.1. The zero-order valence-electron chi connectivity index (χ0n) is 61.4. The Hall–Kier alpha value is -6.40. The van der Waals surface area contributed by atoms with Gasteiger partial charge in [0.25, 0.3) is 11.8 Å². The van der Waals surface area contributed by atoms with Crippen LogP contribution in [0.1, 0.15) is 189 Å². The molecular formula is C76H116F3N7O13. The number of piperidine rings is 1. The van der Waals surface area contributed by atoms with Gasteiger partial charge in [0.1, 0.15) is 18.4 Å². The maximum atomic E-state index is 14.9. The maximum absolute atomic E-state index is 14.9. The number of halogens is 3. The van der Waals surface area contributed by atoms with Crippen molar-refractivity contribution in [3.63, 3.8) is 0 Å². The molecule has 2 fully saturated rings. The molecule has 99 heavy (non-hydrogen) atoms. The number of carbonyl (C=O) groups excluding carboxylic acids is 9. The minimum absolute atomic E-state index is 0.0588. The lowest BCUT2D eigenvalue weighted by Gasteiger charge is -2.41. The van der Waals surface area contributed by atoms with Crippen molar-refractivity contribution in [3.05, 3.63) is 77.9 Å². The molecule has 23 heteroatoms. The highest BCUT2D eigenvalue weighted by atomic mass is 19.4. The minimum atomic E-state index is -4.68. The molecule has 0 radical (unpaired) electrons. The summed E-state index contributed by atoms with van der Waals surface area (Å²) >= 11 is 0. The van der Waals surface area contributed by atoms with Gasteiger partial charge in [-0.2, -0.15) is 13.2 Å². The van der Waals surface area contributed by atoms with Crippen LogP contribution in [0.25, 0.3) is 0 Å². The number of carbonyl (C=O) groups is 9. The number of nitrogens with one attached hydrogen (secondary N) is 2. The Kier molecular flexibility index (Phi) is 33.9. The molecule has 3 aliphatic rings. The van der Waals surface area contributed by atoms with Gasteiger partial charge in [-0.1, -0.05) is 137 Å². The first-order chi connectivity index (χ1) is 46.8. The van der Waals surface area contributed by atoms with Gasteiger partial charge in [-0.05, 0) is 124 Å². The summed E-state index contributed by atoms with van der Waals surface area (Å²) in [7, 11) is 6.23. The molecule has 2 saturated heterocycles. The SMILES string of the molecule is CC[C@H](C)[C@@H]([C@@H](CC(=O)N1CCC[C@H]1[C@H](OC)[C@@H](C)C(=O)C[C@H](C)[C@@H](O)c1ccccc1)OC)N(C)C(=O)[C@@H](CC(=O)[C@H](C(C)C)N(C)C(=O)OCc1ccc(NC(=O)[C@H](CCCN2CCCCC2)CC(=O)[C@@H](N[C@H](CCCCCN2C(=O)C=CC2=O)C(F)(F)F)C(C)C)cc1)C(C)C. The Morgan fingerprint density at radius 1 is 0.677 bits per heavy atom. The molecule has 20 nitrogen and oxygen atoms in total. The van der Waals surface area contributed by atoms with Crippen molar-refractivity contribution in [1.29, 1.82) is 0 Å². The first kappa shape index (κ1) is 83.3. The van der Waals surface area contributed by atoms with Crippen LogP contribution in [0.15, 0.2) is 66.7 Å². The van der Waals surface area contributed by atoms with Crippen LogP contribution < -0.4 is 10.6 Å². The second-order valence-corrected chi connectivity index (χ2v) is 29.1. The topological polar surface area (TPSA) is 242 Å². The van der Waals surface area contributed by atoms with E-state index in [1.54, 1.807) is 62.1 Å². The quantitative estimate of drug-likeness (QED) is 0.0413. The third kappa shape index (κ3) is 24.4. The van der Waals surface area contributed by atoms with Gasteiger partial charge in [0, 0.05) is 96.3 Å². The predicted molar refractivity (Wildman–Crippen MR) is 374 cm³/mol. The molecule has 0 unspecified atom stereocenters. The number of amides is 6. The number of likely N-dealkylation sites (tertiary alicyclic amines) is 2. The van der Waals surface area contributed by atoms with Gasteiger partial charge in [-0.3, -0.25) is 48.6 Å². The van der Waals surface area contributed by atoms with Crippen LogP contribution >= 0.6 is 0 Å². The Labute approximate surface area is 586 Å². The summed E-state index contributed by atoms with van der Waals surface area (Å²) in [6, 6.07) is 10.6. The molecule has 554 valence electrons. The van der Waals surface area contributed by atoms with Crippen LogP contribution in [0.5, 0.6) is 0 Å². The van der Waals surface area contributed by atoms with E-state index < -0.39 is 108 Å². The van der Waals surface area contributed by atoms with Crippen molar-refractivity contribution in [3.8, 4) is 0 Å². The molecular weight excluding hydrogens is 1280 g/mol. The summed E-state index contributed by atoms with van der Waals surface area (Å²) in [5.41, 5.74) is 1.67. The third-order valence-electron chi connectivity index (χ3n) is 20.7. The number of ketones is 3. The molecule has 3 aliphatic heterocycles. The highest BCUT2D eigenvalue weighted by molar-refractivity contribution is 6.12. The lowest BCUT2D eigenvalue weighted by atomic mass is 9.83. The second-order valence-electron chi connectivity index (χ2n) is 29.1. The molecule has 3 N–H and O–H groups in total. The van der Waals surface area contributed by atoms with Crippen LogP contribution in [0, 0.1) is 47.3 Å². The summed E-state index contributed by atoms with van der Waals surface area (Å²) in [5, 5.41) is 16.6. The zero-order chi connectivity index (χ0) is 73.4. The first-order valence-corrected chi connectivity index (χ1v) is 36.2. The van der Waals surface area contributed by atoms with E-state index in [-0.39, 0.29) is 98.7 Å². The van der Waals surface area contributed by atoms with E-state index in [1.165, 1.54) is 19.1 Å². The van der Waals surface area contributed by atoms with Crippen molar-refractivity contribution in [1.82, 2.24) is 29.8 Å². The Morgan fingerprint density at radius 3 is 1.90 bits per heavy atom. The Balaban J connectivity index is 1.20. The smallest absolute Gasteiger partial charge is 0.410 e. The second kappa shape index (κ2) is 40.3. The fourth-order valence-corrected chi connectivity index (χ4v) is 14.6. The number of ether oxygens (including phenoxy) is 3. The molecule has 0 aromatic heterocycles. The van der Waals surface area contributed by atoms with Crippen LogP contribution in [-0.4, -0.2) is 192 Å². The van der Waals surface area contributed by atoms with Gasteiger partial charge >= 0.3 is 12.3 Å². The number of anilines is 1. The fourth-order valence-electron chi connectivity index (χ4n) is 14.6. The Morgan fingerprint density at radius 2 is 1.32 bits per heavy atom. The van der Waals surface area contributed by atoms with Crippen LogP contribution in [0.2, 0.25) is 0 Å². The zero-order valence-corrected chi connectivity index (χ0v) is 61.4. The number of aliphatic hydroxyl groups excluding tert-OH is 1. The standard InChI is InChI=1S/C76H116F3N7O13/c1-15-51(8)70(63(97-13)46-67(92)85-42-26-30-59(85)72(98-14)53(10)60(87)43-52(9)71(93)55-27-19-16-20-28-55)82(11)74(95)58(48(2)3)45-62(89)69(50(6)7)83(12)75(96)99-47-54-32-34-57(35-33-54)80-73(94)56(29-25-40-84-38-22-18-23-39-84)44-61(88)68(49(4)5)81-64(76(77,78)79)31-21-17-24-41-86-65(90)36-37-66(86)91/h16,19-20,27-28,32-37,48-53,56,58-59,63-64,68-72,81,93H,15,17-18,21-26,29-31,38-47H2,1-14H3,(H,80,94)/t51-,52-,53-,56+,58-,59-,63+,64+,68-,69-,70-,71+,72+/m0/s1. The molecule has 13 atom stereocenters. The number of benzene rings is 2. The molecule has 0 spiro atoms. The molecule has 2 aromatic carbocycles. The largest absolute Gasteiger partial charge is 0.445 e. The van der Waals surface area contributed by atoms with E-state index in [0.29, 0.717) is 69.3 Å². The highest BCUT2D eigenvalue weighted by Gasteiger charge is 2.45. The molecule has 0 saturated carbocycles. The molecule has 0 bridgehead atoms. The average Bonchev–Trinajstić information content (AvgIpc) is 1.80. The van der Waals surface area contributed by atoms with Crippen LogP contribution in [0.4, 0.5) is 23.7 Å². The van der Waals surface area contributed by atoms with Gasteiger partial charge in [0.2, 0.25) is 17.7 Å². The number of Topliss-reactive ketones (excluding diaryl/α,β-unsaturated/α-hetero) is 3. The Bertz CT molecular complexity index is 2940. The fraction of sp³-hybridized carbons (Fsp3) is 0.697. The minimum Gasteiger partial charge on any atom is -0.445 e. The number of hydrogen-bond donors (Lipinski definition) is 3. The maximum Gasteiger partial charge on any atom is 0.410 e. The summed E-state index contributed by atoms with van der Waals surface area (Å²) in [6.45, 7) is 21.2. The number of rotatable bonds is 42. The van der Waals surface area contributed by atoms with Gasteiger partial charge in [0.15, 0.2) is 11.6 Å². The van der Waals surface area contributed by atoms with Crippen molar-refractivity contribution in [2.24, 2.45) is 47.3 Å². The van der Waals surface area contributed by atoms with Gasteiger partial charge < -0.3 is 44.2 Å². The van der Waals surface area contributed by atoms with E-state index in [2.05, 4.69) is 15.5 Å². The third-order valence-corrected chi connectivity index (χ3v) is 20.7. The molecule has 0 aliphatic carbocycles. The lowest BCUT2D eigenvalue weighted by molar-refractivity contribution is -0.161. The van der Waals surface area contributed by atoms with E-state index in [4.69, 9.17) is 14.2 Å². The number of nitrogens with zero attached hydrogens (tertiary/aromatic N) is 5. The predicted octanol–water partition coefficient (Wildman–Crippen LogP) is 11.6. The van der Waals surface area contributed by atoms with Gasteiger partial charge in [0.05, 0.1) is 48.9 Å². The molecule has 2 aromatic rings. The van der Waals surface area contributed by atoms with Crippen molar-refractivity contribution in [2.75, 3.05) is 66.4 Å². The molecule has 5 rings (SSSR count). The number of unbranched alkanes of at least 4 members (excludes halogenated alkanes) is 2. The average molecular weight is 1390 g/mol. The number of likely N-dealkylation sites (N-methyl/N-ethyl adjacent to an activating group) is 2.